The van der Waals surface area contributed by atoms with Gasteiger partial charge in [0, 0.05) is 13.0 Å². The van der Waals surface area contributed by atoms with Gasteiger partial charge in [0.05, 0.1) is 12.7 Å². The van der Waals surface area contributed by atoms with Crippen molar-refractivity contribution in [1.29, 1.82) is 0 Å². The minimum atomic E-state index is -1.55. The fraction of sp³-hybridized carbons (Fsp3) is 0.933. The molecule has 0 saturated heterocycles. The Labute approximate surface area is 138 Å². The Hall–Kier alpha value is -0.610. The van der Waals surface area contributed by atoms with E-state index in [1.165, 1.54) is 0 Å². The number of nitrogens with one attached hydrogen (secondary N) is 1. The van der Waals surface area contributed by atoms with Crippen molar-refractivity contribution in [2.24, 2.45) is 0 Å². The van der Waals surface area contributed by atoms with E-state index >= 15 is 0 Å². The van der Waals surface area contributed by atoms with Gasteiger partial charge in [-0.2, -0.15) is 0 Å². The van der Waals surface area contributed by atoms with Gasteiger partial charge in [-0.3, -0.25) is 0 Å². The summed E-state index contributed by atoms with van der Waals surface area (Å²) in [5.74, 6) is 0. The lowest BCUT2D eigenvalue weighted by molar-refractivity contribution is -0.113. The summed E-state index contributed by atoms with van der Waals surface area (Å²) in [4.78, 5) is 9.56. The maximum atomic E-state index is 9.56. The molecule has 0 amide bonds. The topological polar surface area (TPSA) is 162 Å². The molecule has 8 N–H and O–H groups in total. The highest BCUT2D eigenvalue weighted by Gasteiger charge is 2.29. The summed E-state index contributed by atoms with van der Waals surface area (Å²) in [7, 11) is 0. The SMILES string of the molecule is CCCCC=O.CCCCNC[C@H](O)[C@@H](O)[C@H](O)[C@H](O)CO.O. The van der Waals surface area contributed by atoms with Crippen LogP contribution in [0.2, 0.25) is 0 Å². The molecule has 4 atom stereocenters. The van der Waals surface area contributed by atoms with Gasteiger partial charge in [0.1, 0.15) is 24.6 Å². The average Bonchev–Trinajstić information content (AvgIpc) is 2.54. The molecule has 23 heavy (non-hydrogen) atoms. The van der Waals surface area contributed by atoms with Crippen molar-refractivity contribution in [2.75, 3.05) is 19.7 Å². The molecule has 0 aliphatic carbocycles. The number of unbranched alkanes of at least 4 members (excludes halogenated alkanes) is 3. The molecule has 0 bridgehead atoms. The van der Waals surface area contributed by atoms with Crippen LogP contribution in [0.3, 0.4) is 0 Å². The standard InChI is InChI=1S/C10H23NO5.C5H10O.H2O/c1-2-3-4-11-5-7(13)9(15)10(16)8(14)6-12;1-2-3-4-5-6;/h7-16H,2-6H2,1H3;5H,2-4H2,1H3;1H2/t7-,8+,9+,10+;;/m0../s1. The van der Waals surface area contributed by atoms with Crippen molar-refractivity contribution in [3.63, 3.8) is 0 Å². The number of carbonyl (C=O) groups is 1. The summed E-state index contributed by atoms with van der Waals surface area (Å²) < 4.78 is 0. The van der Waals surface area contributed by atoms with Crippen LogP contribution in [0.5, 0.6) is 0 Å². The third kappa shape index (κ3) is 16.0. The number of hydrogen-bond donors (Lipinski definition) is 6. The third-order valence-corrected chi connectivity index (χ3v) is 3.06. The Balaban J connectivity index is -0.000000487. The molecule has 0 fully saturated rings. The zero-order valence-electron chi connectivity index (χ0n) is 14.2. The number of rotatable bonds is 12. The van der Waals surface area contributed by atoms with Crippen molar-refractivity contribution in [3.05, 3.63) is 0 Å². The molecule has 8 heteroatoms. The Morgan fingerprint density at radius 3 is 1.87 bits per heavy atom. The van der Waals surface area contributed by atoms with Crippen LogP contribution in [0, 0.1) is 0 Å². The van der Waals surface area contributed by atoms with Crippen molar-refractivity contribution in [2.45, 2.75) is 70.4 Å². The van der Waals surface area contributed by atoms with E-state index < -0.39 is 31.0 Å². The first kappa shape index (κ1) is 27.2. The monoisotopic (exact) mass is 341 g/mol. The third-order valence-electron chi connectivity index (χ3n) is 3.06. The van der Waals surface area contributed by atoms with Crippen molar-refractivity contribution in [3.8, 4) is 0 Å². The molecule has 0 aliphatic heterocycles. The van der Waals surface area contributed by atoms with Gasteiger partial charge in [-0.15, -0.1) is 0 Å². The number of aliphatic hydroxyl groups is 5. The summed E-state index contributed by atoms with van der Waals surface area (Å²) in [5.41, 5.74) is 0. The van der Waals surface area contributed by atoms with Crippen molar-refractivity contribution >= 4 is 6.29 Å². The van der Waals surface area contributed by atoms with Crippen LogP contribution in [0.4, 0.5) is 0 Å². The van der Waals surface area contributed by atoms with Gasteiger partial charge < -0.3 is 41.1 Å². The van der Waals surface area contributed by atoms with Crippen LogP contribution in [0.25, 0.3) is 0 Å². The average molecular weight is 341 g/mol. The normalized spacial score (nSPS) is 15.4. The molecule has 142 valence electrons. The minimum absolute atomic E-state index is 0. The van der Waals surface area contributed by atoms with E-state index in [4.69, 9.17) is 10.2 Å². The molecule has 0 aromatic carbocycles. The number of aliphatic hydroxyl groups excluding tert-OH is 5. The second-order valence-electron chi connectivity index (χ2n) is 5.17. The maximum absolute atomic E-state index is 9.56. The largest absolute Gasteiger partial charge is 0.412 e. The van der Waals surface area contributed by atoms with E-state index in [1.807, 2.05) is 6.92 Å². The molecule has 0 heterocycles. The highest BCUT2D eigenvalue weighted by molar-refractivity contribution is 5.48. The molecule has 0 aliphatic rings. The predicted molar refractivity (Wildman–Crippen MR) is 88.1 cm³/mol. The zero-order chi connectivity index (χ0) is 17.4. The van der Waals surface area contributed by atoms with E-state index in [1.54, 1.807) is 0 Å². The van der Waals surface area contributed by atoms with Gasteiger partial charge in [0.15, 0.2) is 0 Å². The quantitative estimate of drug-likeness (QED) is 0.183. The number of hydrogen-bond acceptors (Lipinski definition) is 7. The lowest BCUT2D eigenvalue weighted by Crippen LogP contribution is -2.49. The van der Waals surface area contributed by atoms with Crippen LogP contribution in [0.15, 0.2) is 0 Å². The summed E-state index contributed by atoms with van der Waals surface area (Å²) in [6.07, 6.45) is 0.210. The molecule has 0 unspecified atom stereocenters. The molecule has 0 saturated carbocycles. The second-order valence-corrected chi connectivity index (χ2v) is 5.17. The molecule has 0 aromatic heterocycles. The van der Waals surface area contributed by atoms with E-state index in [-0.39, 0.29) is 12.0 Å². The Morgan fingerprint density at radius 2 is 1.48 bits per heavy atom. The second kappa shape index (κ2) is 19.4. The van der Waals surface area contributed by atoms with Gasteiger partial charge in [0.2, 0.25) is 0 Å². The van der Waals surface area contributed by atoms with Crippen LogP contribution in [0.1, 0.15) is 46.0 Å². The summed E-state index contributed by atoms with van der Waals surface area (Å²) in [5, 5.41) is 48.8. The lowest BCUT2D eigenvalue weighted by Gasteiger charge is -2.25. The summed E-state index contributed by atoms with van der Waals surface area (Å²) >= 11 is 0. The van der Waals surface area contributed by atoms with E-state index in [2.05, 4.69) is 12.2 Å². The number of carbonyl (C=O) groups excluding carboxylic acids is 1. The summed E-state index contributed by atoms with van der Waals surface area (Å²) in [6.45, 7) is 4.31. The fourth-order valence-corrected chi connectivity index (χ4v) is 1.52. The van der Waals surface area contributed by atoms with Gasteiger partial charge >= 0.3 is 0 Å². The van der Waals surface area contributed by atoms with Crippen LogP contribution >= 0.6 is 0 Å². The molecule has 0 rings (SSSR count). The predicted octanol–water partition coefficient (Wildman–Crippen LogP) is -1.64. The van der Waals surface area contributed by atoms with E-state index in [0.717, 1.165) is 44.9 Å². The van der Waals surface area contributed by atoms with Crippen LogP contribution in [-0.4, -0.2) is 81.4 Å². The minimum Gasteiger partial charge on any atom is -0.412 e. The van der Waals surface area contributed by atoms with Crippen molar-refractivity contribution in [1.82, 2.24) is 5.32 Å². The first-order valence-electron chi connectivity index (χ1n) is 7.93. The highest BCUT2D eigenvalue weighted by atomic mass is 16.4. The molecule has 0 radical (unpaired) electrons. The van der Waals surface area contributed by atoms with Gasteiger partial charge in [-0.05, 0) is 19.4 Å². The zero-order valence-corrected chi connectivity index (χ0v) is 14.2. The number of aldehydes is 1. The molecule has 0 aromatic rings. The fourth-order valence-electron chi connectivity index (χ4n) is 1.52. The van der Waals surface area contributed by atoms with Crippen LogP contribution < -0.4 is 5.32 Å². The molecule has 8 nitrogen and oxygen atoms in total. The van der Waals surface area contributed by atoms with Crippen molar-refractivity contribution < 1.29 is 35.8 Å². The molecule has 0 spiro atoms. The summed E-state index contributed by atoms with van der Waals surface area (Å²) in [6, 6.07) is 0. The lowest BCUT2D eigenvalue weighted by atomic mass is 10.0. The Bertz CT molecular complexity index is 244. The van der Waals surface area contributed by atoms with Crippen LogP contribution in [-0.2, 0) is 4.79 Å². The Kier molecular flexibility index (Phi) is 23.0. The van der Waals surface area contributed by atoms with Gasteiger partial charge in [-0.25, -0.2) is 0 Å². The Morgan fingerprint density at radius 1 is 0.957 bits per heavy atom. The molecular formula is C15H35NO7. The van der Waals surface area contributed by atoms with Gasteiger partial charge in [-0.1, -0.05) is 26.7 Å². The van der Waals surface area contributed by atoms with E-state index in [9.17, 15) is 20.1 Å². The highest BCUT2D eigenvalue weighted by Crippen LogP contribution is 2.04. The smallest absolute Gasteiger partial charge is 0.119 e. The maximum Gasteiger partial charge on any atom is 0.119 e. The van der Waals surface area contributed by atoms with Gasteiger partial charge in [0.25, 0.3) is 0 Å². The first-order chi connectivity index (χ1) is 10.5. The first-order valence-corrected chi connectivity index (χ1v) is 7.93. The molecular weight excluding hydrogens is 306 g/mol. The van der Waals surface area contributed by atoms with E-state index in [0.29, 0.717) is 0 Å².